The Balaban J connectivity index is 2.15. The maximum atomic E-state index is 12.4. The average molecular weight is 319 g/mol. The summed E-state index contributed by atoms with van der Waals surface area (Å²) in [6.07, 6.45) is 1.63. The molecular weight excluding hydrogens is 298 g/mol. The van der Waals surface area contributed by atoms with Gasteiger partial charge < -0.3 is 5.32 Å². The Labute approximate surface area is 133 Å². The Morgan fingerprint density at radius 2 is 2.00 bits per heavy atom. The molecule has 0 saturated carbocycles. The Morgan fingerprint density at radius 3 is 2.55 bits per heavy atom. The van der Waals surface area contributed by atoms with Gasteiger partial charge in [-0.2, -0.15) is 5.10 Å². The molecule has 2 rings (SSSR count). The van der Waals surface area contributed by atoms with Gasteiger partial charge in [0.2, 0.25) is 0 Å². The second kappa shape index (κ2) is 7.35. The molecular formula is C16H21N3O2S. The maximum absolute atomic E-state index is 12.4. The molecule has 1 aromatic heterocycles. The summed E-state index contributed by atoms with van der Waals surface area (Å²) < 4.78 is 11.6. The molecule has 0 saturated heterocycles. The van der Waals surface area contributed by atoms with Crippen LogP contribution in [0.15, 0.2) is 36.4 Å². The minimum atomic E-state index is -1.01. The van der Waals surface area contributed by atoms with Gasteiger partial charge in [-0.1, -0.05) is 44.2 Å². The van der Waals surface area contributed by atoms with Crippen molar-refractivity contribution in [1.29, 1.82) is 0 Å². The van der Waals surface area contributed by atoms with E-state index >= 15 is 0 Å². The first kappa shape index (κ1) is 16.4. The van der Waals surface area contributed by atoms with Crippen LogP contribution in [0.2, 0.25) is 0 Å². The van der Waals surface area contributed by atoms with E-state index in [2.05, 4.69) is 15.5 Å². The number of nitrogens with one attached hydrogen (secondary N) is 2. The topological polar surface area (TPSA) is 74.8 Å². The molecule has 0 spiro atoms. The number of aromatic nitrogens is 2. The molecule has 0 fully saturated rings. The van der Waals surface area contributed by atoms with Gasteiger partial charge in [0, 0.05) is 28.5 Å². The quantitative estimate of drug-likeness (QED) is 0.858. The summed E-state index contributed by atoms with van der Waals surface area (Å²) in [6, 6.07) is 11.0. The van der Waals surface area contributed by atoms with Gasteiger partial charge in [-0.05, 0) is 17.5 Å². The molecule has 2 atom stereocenters. The second-order valence-electron chi connectivity index (χ2n) is 5.54. The van der Waals surface area contributed by atoms with Gasteiger partial charge in [-0.25, -0.2) is 0 Å². The van der Waals surface area contributed by atoms with Crippen molar-refractivity contribution >= 4 is 16.7 Å². The molecule has 118 valence electrons. The molecule has 1 heterocycles. The number of carbonyl (C=O) groups excluding carboxylic acids is 1. The van der Waals surface area contributed by atoms with E-state index in [0.29, 0.717) is 11.4 Å². The zero-order chi connectivity index (χ0) is 16.1. The van der Waals surface area contributed by atoms with Crippen LogP contribution in [0.1, 0.15) is 47.6 Å². The summed E-state index contributed by atoms with van der Waals surface area (Å²) in [5, 5.41) is 9.84. The highest BCUT2D eigenvalue weighted by molar-refractivity contribution is 7.84. The van der Waals surface area contributed by atoms with E-state index in [4.69, 9.17) is 0 Å². The Bertz CT molecular complexity index is 652. The molecule has 2 unspecified atom stereocenters. The van der Waals surface area contributed by atoms with E-state index in [-0.39, 0.29) is 17.9 Å². The third kappa shape index (κ3) is 4.27. The maximum Gasteiger partial charge on any atom is 0.272 e. The SMILES string of the molecule is CC(C)c1cc(C(=O)NC(CS(C)=O)c2ccccc2)n[nH]1. The number of hydrogen-bond acceptors (Lipinski definition) is 3. The Kier molecular flexibility index (Phi) is 5.49. The first-order valence-corrected chi connectivity index (χ1v) is 8.91. The van der Waals surface area contributed by atoms with Crippen molar-refractivity contribution in [2.45, 2.75) is 25.8 Å². The van der Waals surface area contributed by atoms with Gasteiger partial charge in [0.15, 0.2) is 0 Å². The molecule has 0 aliphatic carbocycles. The molecule has 6 heteroatoms. The average Bonchev–Trinajstić information content (AvgIpc) is 2.97. The van der Waals surface area contributed by atoms with Crippen molar-refractivity contribution in [3.63, 3.8) is 0 Å². The van der Waals surface area contributed by atoms with E-state index in [0.717, 1.165) is 11.3 Å². The summed E-state index contributed by atoms with van der Waals surface area (Å²) in [5.41, 5.74) is 2.21. The Hall–Kier alpha value is -1.95. The molecule has 2 N–H and O–H groups in total. The fraction of sp³-hybridized carbons (Fsp3) is 0.375. The van der Waals surface area contributed by atoms with Crippen LogP contribution in [0.5, 0.6) is 0 Å². The number of H-pyrrole nitrogens is 1. The molecule has 22 heavy (non-hydrogen) atoms. The summed E-state index contributed by atoms with van der Waals surface area (Å²) in [7, 11) is -1.01. The van der Waals surface area contributed by atoms with Gasteiger partial charge in [0.1, 0.15) is 5.69 Å². The summed E-state index contributed by atoms with van der Waals surface area (Å²) >= 11 is 0. The zero-order valence-electron chi connectivity index (χ0n) is 13.0. The van der Waals surface area contributed by atoms with Crippen molar-refractivity contribution in [2.24, 2.45) is 0 Å². The van der Waals surface area contributed by atoms with E-state index < -0.39 is 10.8 Å². The molecule has 5 nitrogen and oxygen atoms in total. The molecule has 1 amide bonds. The molecule has 0 bridgehead atoms. The molecule has 1 aromatic carbocycles. The normalized spacial score (nSPS) is 13.8. The van der Waals surface area contributed by atoms with Crippen molar-refractivity contribution < 1.29 is 9.00 Å². The van der Waals surface area contributed by atoms with Crippen LogP contribution in [-0.2, 0) is 10.8 Å². The van der Waals surface area contributed by atoms with E-state index in [9.17, 15) is 9.00 Å². The summed E-state index contributed by atoms with van der Waals surface area (Å²) in [6.45, 7) is 4.06. The number of aromatic amines is 1. The second-order valence-corrected chi connectivity index (χ2v) is 7.02. The number of hydrogen-bond donors (Lipinski definition) is 2. The monoisotopic (exact) mass is 319 g/mol. The van der Waals surface area contributed by atoms with Gasteiger partial charge in [0.25, 0.3) is 5.91 Å². The third-order valence-corrected chi connectivity index (χ3v) is 4.16. The third-order valence-electron chi connectivity index (χ3n) is 3.36. The van der Waals surface area contributed by atoms with Crippen LogP contribution >= 0.6 is 0 Å². The van der Waals surface area contributed by atoms with E-state index in [1.54, 1.807) is 12.3 Å². The highest BCUT2D eigenvalue weighted by atomic mass is 32.2. The van der Waals surface area contributed by atoms with Crippen LogP contribution in [0.25, 0.3) is 0 Å². The number of benzene rings is 1. The molecule has 0 aliphatic heterocycles. The smallest absolute Gasteiger partial charge is 0.272 e. The Morgan fingerprint density at radius 1 is 1.32 bits per heavy atom. The summed E-state index contributed by atoms with van der Waals surface area (Å²) in [4.78, 5) is 12.4. The van der Waals surface area contributed by atoms with Crippen LogP contribution < -0.4 is 5.32 Å². The van der Waals surface area contributed by atoms with Crippen molar-refractivity contribution in [3.8, 4) is 0 Å². The van der Waals surface area contributed by atoms with E-state index in [1.807, 2.05) is 44.2 Å². The summed E-state index contributed by atoms with van der Waals surface area (Å²) in [5.74, 6) is 0.390. The first-order valence-electron chi connectivity index (χ1n) is 7.18. The number of carbonyl (C=O) groups is 1. The van der Waals surface area contributed by atoms with Crippen molar-refractivity contribution in [2.75, 3.05) is 12.0 Å². The lowest BCUT2D eigenvalue weighted by Crippen LogP contribution is -2.32. The standard InChI is InChI=1S/C16H21N3O2S/c1-11(2)13-9-14(19-18-13)16(20)17-15(10-22(3)21)12-7-5-4-6-8-12/h4-9,11,15H,10H2,1-3H3,(H,17,20)(H,18,19). The minimum absolute atomic E-state index is 0.262. The van der Waals surface area contributed by atoms with Gasteiger partial charge in [0.05, 0.1) is 6.04 Å². The minimum Gasteiger partial charge on any atom is -0.343 e. The highest BCUT2D eigenvalue weighted by Crippen LogP contribution is 2.16. The lowest BCUT2D eigenvalue weighted by atomic mass is 10.1. The van der Waals surface area contributed by atoms with Crippen LogP contribution in [0, 0.1) is 0 Å². The largest absolute Gasteiger partial charge is 0.343 e. The molecule has 0 radical (unpaired) electrons. The molecule has 0 aliphatic rings. The zero-order valence-corrected chi connectivity index (χ0v) is 13.8. The van der Waals surface area contributed by atoms with Crippen LogP contribution in [0.3, 0.4) is 0 Å². The van der Waals surface area contributed by atoms with Crippen molar-refractivity contribution in [1.82, 2.24) is 15.5 Å². The number of nitrogens with zero attached hydrogens (tertiary/aromatic N) is 1. The van der Waals surface area contributed by atoms with Crippen LogP contribution in [-0.4, -0.2) is 32.3 Å². The van der Waals surface area contributed by atoms with Crippen molar-refractivity contribution in [3.05, 3.63) is 53.3 Å². The lowest BCUT2D eigenvalue weighted by Gasteiger charge is -2.17. The number of rotatable bonds is 6. The predicted molar refractivity (Wildman–Crippen MR) is 88.3 cm³/mol. The van der Waals surface area contributed by atoms with Gasteiger partial charge in [-0.15, -0.1) is 0 Å². The number of amides is 1. The highest BCUT2D eigenvalue weighted by Gasteiger charge is 2.19. The fourth-order valence-electron chi connectivity index (χ4n) is 2.12. The van der Waals surface area contributed by atoms with E-state index in [1.165, 1.54) is 0 Å². The van der Waals surface area contributed by atoms with Gasteiger partial charge in [-0.3, -0.25) is 14.1 Å². The van der Waals surface area contributed by atoms with Crippen LogP contribution in [0.4, 0.5) is 0 Å². The first-order chi connectivity index (χ1) is 10.5. The fourth-order valence-corrected chi connectivity index (χ4v) is 2.87. The lowest BCUT2D eigenvalue weighted by molar-refractivity contribution is 0.0935. The van der Waals surface area contributed by atoms with Gasteiger partial charge >= 0.3 is 0 Å². The predicted octanol–water partition coefficient (Wildman–Crippen LogP) is 2.38. The molecule has 2 aromatic rings.